The van der Waals surface area contributed by atoms with Crippen LogP contribution in [0.5, 0.6) is 0 Å². The van der Waals surface area contributed by atoms with Crippen molar-refractivity contribution in [3.8, 4) is 0 Å². The topological polar surface area (TPSA) is 52.6 Å². The number of likely N-dealkylation sites (tertiary alicyclic amines) is 1. The van der Waals surface area contributed by atoms with Crippen LogP contribution in [0.2, 0.25) is 0 Å². The van der Waals surface area contributed by atoms with Gasteiger partial charge in [0.05, 0.1) is 18.8 Å². The van der Waals surface area contributed by atoms with Gasteiger partial charge in [-0.2, -0.15) is 0 Å². The van der Waals surface area contributed by atoms with Gasteiger partial charge in [0.1, 0.15) is 11.6 Å². The largest absolute Gasteiger partial charge is 0.395 e. The predicted octanol–water partition coefficient (Wildman–Crippen LogP) is 2.00. The fourth-order valence-electron chi connectivity index (χ4n) is 2.79. The molecule has 2 N–H and O–H groups in total. The van der Waals surface area contributed by atoms with Gasteiger partial charge in [0.25, 0.3) is 0 Å². The van der Waals surface area contributed by atoms with E-state index in [4.69, 9.17) is 0 Å². The second-order valence-electron chi connectivity index (χ2n) is 5.51. The van der Waals surface area contributed by atoms with Crippen LogP contribution in [0.15, 0.2) is 18.2 Å². The van der Waals surface area contributed by atoms with Crippen LogP contribution in [0.3, 0.4) is 0 Å². The third-order valence-electron chi connectivity index (χ3n) is 3.97. The lowest BCUT2D eigenvalue weighted by Crippen LogP contribution is -2.49. The maximum absolute atomic E-state index is 13.5. The first-order valence-corrected chi connectivity index (χ1v) is 7.11. The van der Waals surface area contributed by atoms with Crippen molar-refractivity contribution in [2.75, 3.05) is 25.0 Å². The number of nitrogens with one attached hydrogen (secondary N) is 1. The molecule has 1 aromatic rings. The molecular weight excluding hydrogens is 278 g/mol. The summed E-state index contributed by atoms with van der Waals surface area (Å²) in [4.78, 5) is 13.9. The Bertz CT molecular complexity index is 510. The fourth-order valence-corrected chi connectivity index (χ4v) is 2.79. The maximum Gasteiger partial charge on any atom is 0.238 e. The zero-order valence-electron chi connectivity index (χ0n) is 12.0. The summed E-state index contributed by atoms with van der Waals surface area (Å²) in [6.07, 6.45) is 1.99. The minimum absolute atomic E-state index is 0.000639. The van der Waals surface area contributed by atoms with Crippen molar-refractivity contribution >= 4 is 11.6 Å². The number of hydrogen-bond donors (Lipinski definition) is 2. The molecule has 1 aliphatic rings. The average molecular weight is 298 g/mol. The van der Waals surface area contributed by atoms with E-state index in [0.717, 1.165) is 31.5 Å². The van der Waals surface area contributed by atoms with Gasteiger partial charge in [-0.3, -0.25) is 9.69 Å². The van der Waals surface area contributed by atoms with E-state index in [2.05, 4.69) is 5.32 Å². The summed E-state index contributed by atoms with van der Waals surface area (Å²) < 4.78 is 26.3. The smallest absolute Gasteiger partial charge is 0.238 e. The van der Waals surface area contributed by atoms with Gasteiger partial charge >= 0.3 is 0 Å². The Morgan fingerprint density at radius 1 is 1.48 bits per heavy atom. The van der Waals surface area contributed by atoms with E-state index in [0.29, 0.717) is 5.92 Å². The van der Waals surface area contributed by atoms with E-state index < -0.39 is 11.6 Å². The second-order valence-corrected chi connectivity index (χ2v) is 5.51. The summed E-state index contributed by atoms with van der Waals surface area (Å²) in [5.41, 5.74) is -0.0352. The number of carbonyl (C=O) groups excluding carboxylic acids is 1. The minimum atomic E-state index is -0.797. The highest BCUT2D eigenvalue weighted by Gasteiger charge is 2.29. The van der Waals surface area contributed by atoms with E-state index in [1.807, 2.05) is 11.8 Å². The number of nitrogens with zero attached hydrogens (tertiary/aromatic N) is 1. The number of rotatable bonds is 4. The summed E-state index contributed by atoms with van der Waals surface area (Å²) in [6.45, 7) is 2.87. The molecule has 1 aromatic carbocycles. The molecule has 6 heteroatoms. The Morgan fingerprint density at radius 2 is 2.24 bits per heavy atom. The number of amides is 1. The van der Waals surface area contributed by atoms with Gasteiger partial charge in [-0.25, -0.2) is 8.78 Å². The van der Waals surface area contributed by atoms with E-state index in [9.17, 15) is 18.7 Å². The predicted molar refractivity (Wildman–Crippen MR) is 75.8 cm³/mol. The number of halogens is 2. The molecule has 2 unspecified atom stereocenters. The third kappa shape index (κ3) is 3.98. The van der Waals surface area contributed by atoms with Crippen molar-refractivity contribution in [3.63, 3.8) is 0 Å². The van der Waals surface area contributed by atoms with E-state index >= 15 is 0 Å². The standard InChI is InChI=1S/C15H20F2N2O2/c1-10-3-2-6-19(14(10)9-20)8-15(21)18-13-5-4-11(16)7-12(13)17/h4-5,7,10,14,20H,2-3,6,8-9H2,1H3,(H,18,21). The van der Waals surface area contributed by atoms with Crippen LogP contribution in [-0.2, 0) is 4.79 Å². The summed E-state index contributed by atoms with van der Waals surface area (Å²) in [6, 6.07) is 2.97. The number of aliphatic hydroxyl groups is 1. The van der Waals surface area contributed by atoms with Crippen molar-refractivity contribution in [3.05, 3.63) is 29.8 Å². The number of benzene rings is 1. The van der Waals surface area contributed by atoms with E-state index in [1.54, 1.807) is 0 Å². The molecule has 0 spiro atoms. The molecule has 0 aliphatic carbocycles. The maximum atomic E-state index is 13.5. The SMILES string of the molecule is CC1CCCN(CC(=O)Nc2ccc(F)cc2F)C1CO. The van der Waals surface area contributed by atoms with Gasteiger partial charge in [-0.05, 0) is 37.4 Å². The molecule has 1 aliphatic heterocycles. The van der Waals surface area contributed by atoms with Gasteiger partial charge in [-0.15, -0.1) is 0 Å². The second kappa shape index (κ2) is 6.95. The fraction of sp³-hybridized carbons (Fsp3) is 0.533. The molecule has 2 atom stereocenters. The molecule has 4 nitrogen and oxygen atoms in total. The van der Waals surface area contributed by atoms with Crippen molar-refractivity contribution < 1.29 is 18.7 Å². The number of piperidine rings is 1. The summed E-state index contributed by atoms with van der Waals surface area (Å²) in [7, 11) is 0. The molecule has 0 saturated carbocycles. The number of hydrogen-bond acceptors (Lipinski definition) is 3. The molecule has 116 valence electrons. The summed E-state index contributed by atoms with van der Waals surface area (Å²) in [5.74, 6) is -1.53. The van der Waals surface area contributed by atoms with Crippen molar-refractivity contribution in [2.45, 2.75) is 25.8 Å². The Hall–Kier alpha value is -1.53. The first kappa shape index (κ1) is 15.9. The van der Waals surface area contributed by atoms with Gasteiger partial charge in [-0.1, -0.05) is 6.92 Å². The van der Waals surface area contributed by atoms with Crippen LogP contribution >= 0.6 is 0 Å². The van der Waals surface area contributed by atoms with Gasteiger partial charge < -0.3 is 10.4 Å². The highest BCUT2D eigenvalue weighted by atomic mass is 19.1. The molecule has 21 heavy (non-hydrogen) atoms. The van der Waals surface area contributed by atoms with Crippen molar-refractivity contribution in [2.24, 2.45) is 5.92 Å². The third-order valence-corrected chi connectivity index (χ3v) is 3.97. The highest BCUT2D eigenvalue weighted by Crippen LogP contribution is 2.23. The van der Waals surface area contributed by atoms with Crippen LogP contribution in [0, 0.1) is 17.6 Å². The number of anilines is 1. The van der Waals surface area contributed by atoms with Crippen molar-refractivity contribution in [1.82, 2.24) is 4.90 Å². The van der Waals surface area contributed by atoms with Crippen molar-refractivity contribution in [1.29, 1.82) is 0 Å². The normalized spacial score (nSPS) is 23.0. The van der Waals surface area contributed by atoms with Gasteiger partial charge in [0, 0.05) is 12.1 Å². The molecule has 0 radical (unpaired) electrons. The van der Waals surface area contributed by atoms with E-state index in [1.165, 1.54) is 6.07 Å². The lowest BCUT2D eigenvalue weighted by atomic mass is 9.91. The molecular formula is C15H20F2N2O2. The Labute approximate surface area is 122 Å². The quantitative estimate of drug-likeness (QED) is 0.894. The van der Waals surface area contributed by atoms with Crippen LogP contribution in [0.25, 0.3) is 0 Å². The zero-order chi connectivity index (χ0) is 15.4. The first-order chi connectivity index (χ1) is 10.0. The first-order valence-electron chi connectivity index (χ1n) is 7.11. The van der Waals surface area contributed by atoms with Crippen LogP contribution in [0.1, 0.15) is 19.8 Å². The molecule has 0 aromatic heterocycles. The zero-order valence-corrected chi connectivity index (χ0v) is 12.0. The van der Waals surface area contributed by atoms with Crippen LogP contribution in [0.4, 0.5) is 14.5 Å². The van der Waals surface area contributed by atoms with Crippen LogP contribution in [-0.4, -0.2) is 41.7 Å². The van der Waals surface area contributed by atoms with Gasteiger partial charge in [0.15, 0.2) is 0 Å². The Morgan fingerprint density at radius 3 is 2.90 bits per heavy atom. The monoisotopic (exact) mass is 298 g/mol. The molecule has 1 saturated heterocycles. The number of aliphatic hydroxyl groups excluding tert-OH is 1. The highest BCUT2D eigenvalue weighted by molar-refractivity contribution is 5.92. The Balaban J connectivity index is 1.97. The summed E-state index contributed by atoms with van der Waals surface area (Å²) in [5, 5.41) is 11.9. The lowest BCUT2D eigenvalue weighted by Gasteiger charge is -2.38. The molecule has 1 heterocycles. The molecule has 1 amide bonds. The lowest BCUT2D eigenvalue weighted by molar-refractivity contribution is -0.118. The van der Waals surface area contributed by atoms with E-state index in [-0.39, 0.29) is 30.8 Å². The summed E-state index contributed by atoms with van der Waals surface area (Å²) >= 11 is 0. The number of carbonyl (C=O) groups is 1. The average Bonchev–Trinajstić information content (AvgIpc) is 2.42. The van der Waals surface area contributed by atoms with Crippen LogP contribution < -0.4 is 5.32 Å². The molecule has 1 fully saturated rings. The minimum Gasteiger partial charge on any atom is -0.395 e. The Kier molecular flexibility index (Phi) is 5.25. The molecule has 0 bridgehead atoms. The molecule has 2 rings (SSSR count). The van der Waals surface area contributed by atoms with Gasteiger partial charge in [0.2, 0.25) is 5.91 Å².